The number of hydrogen-bond acceptors (Lipinski definition) is 3. The molecule has 1 amide bonds. The summed E-state index contributed by atoms with van der Waals surface area (Å²) in [6.45, 7) is 3.07. The van der Waals surface area contributed by atoms with Gasteiger partial charge in [-0.05, 0) is 37.8 Å². The van der Waals surface area contributed by atoms with Gasteiger partial charge >= 0.3 is 0 Å². The van der Waals surface area contributed by atoms with E-state index in [1.807, 2.05) is 18.0 Å². The number of rotatable bonds is 3. The zero-order chi connectivity index (χ0) is 13.0. The third kappa shape index (κ3) is 3.12. The topological polar surface area (TPSA) is 32.3 Å². The Balaban J connectivity index is 1.99. The number of likely N-dealkylation sites (N-methyl/N-ethyl adjacent to an activating group) is 1. The van der Waals surface area contributed by atoms with Crippen LogP contribution in [0.2, 0.25) is 0 Å². The predicted octanol–water partition coefficient (Wildman–Crippen LogP) is 2.80. The van der Waals surface area contributed by atoms with Crippen molar-refractivity contribution in [3.05, 3.63) is 22.4 Å². The molecule has 0 saturated carbocycles. The zero-order valence-corrected chi connectivity index (χ0v) is 12.0. The van der Waals surface area contributed by atoms with E-state index in [9.17, 15) is 4.79 Å². The van der Waals surface area contributed by atoms with E-state index in [0.717, 1.165) is 19.4 Å². The van der Waals surface area contributed by atoms with Gasteiger partial charge in [0.1, 0.15) is 0 Å². The lowest BCUT2D eigenvalue weighted by atomic mass is 10.1. The molecule has 18 heavy (non-hydrogen) atoms. The standard InChI is InChI=1S/C14H22N2OS/c1-11(13-8-6-10-18-13)16(2)14(17)12-7-4-3-5-9-15-12/h6,8,10-12,15H,3-5,7,9H2,1-2H3. The first-order valence-corrected chi connectivity index (χ1v) is 7.61. The van der Waals surface area contributed by atoms with E-state index in [0.29, 0.717) is 0 Å². The molecule has 4 heteroatoms. The number of amides is 1. The van der Waals surface area contributed by atoms with E-state index in [4.69, 9.17) is 0 Å². The largest absolute Gasteiger partial charge is 0.337 e. The van der Waals surface area contributed by atoms with Crippen molar-refractivity contribution in [2.45, 2.75) is 44.7 Å². The highest BCUT2D eigenvalue weighted by Gasteiger charge is 2.26. The monoisotopic (exact) mass is 266 g/mol. The van der Waals surface area contributed by atoms with Crippen LogP contribution in [0, 0.1) is 0 Å². The van der Waals surface area contributed by atoms with Crippen molar-refractivity contribution in [1.29, 1.82) is 0 Å². The van der Waals surface area contributed by atoms with Crippen LogP contribution in [-0.2, 0) is 4.79 Å². The van der Waals surface area contributed by atoms with E-state index in [1.54, 1.807) is 11.3 Å². The average molecular weight is 266 g/mol. The van der Waals surface area contributed by atoms with Crippen molar-refractivity contribution in [1.82, 2.24) is 10.2 Å². The first-order chi connectivity index (χ1) is 8.70. The lowest BCUT2D eigenvalue weighted by molar-refractivity contribution is -0.134. The summed E-state index contributed by atoms with van der Waals surface area (Å²) in [5.41, 5.74) is 0. The minimum absolute atomic E-state index is 0.0138. The highest BCUT2D eigenvalue weighted by Crippen LogP contribution is 2.24. The minimum atomic E-state index is 0.0138. The summed E-state index contributed by atoms with van der Waals surface area (Å²) in [5, 5.41) is 5.44. The van der Waals surface area contributed by atoms with Crippen LogP contribution in [-0.4, -0.2) is 30.4 Å². The second-order valence-corrected chi connectivity index (χ2v) is 5.98. The molecule has 2 rings (SSSR count). The van der Waals surface area contributed by atoms with Gasteiger partial charge in [0.2, 0.25) is 5.91 Å². The van der Waals surface area contributed by atoms with Gasteiger partial charge in [-0.15, -0.1) is 11.3 Å². The fraction of sp³-hybridized carbons (Fsp3) is 0.643. The molecule has 0 radical (unpaired) electrons. The molecule has 1 aromatic heterocycles. The molecular formula is C14H22N2OS. The molecule has 1 aliphatic rings. The normalized spacial score (nSPS) is 22.2. The van der Waals surface area contributed by atoms with E-state index in [-0.39, 0.29) is 18.0 Å². The van der Waals surface area contributed by atoms with Crippen LogP contribution in [0.15, 0.2) is 17.5 Å². The smallest absolute Gasteiger partial charge is 0.239 e. The zero-order valence-electron chi connectivity index (χ0n) is 11.2. The van der Waals surface area contributed by atoms with Crippen molar-refractivity contribution < 1.29 is 4.79 Å². The molecular weight excluding hydrogens is 244 g/mol. The lowest BCUT2D eigenvalue weighted by Crippen LogP contribution is -2.45. The molecule has 2 heterocycles. The van der Waals surface area contributed by atoms with Gasteiger partial charge in [0.15, 0.2) is 0 Å². The summed E-state index contributed by atoms with van der Waals surface area (Å²) in [7, 11) is 1.92. The Hall–Kier alpha value is -0.870. The summed E-state index contributed by atoms with van der Waals surface area (Å²) in [6.07, 6.45) is 4.56. The highest BCUT2D eigenvalue weighted by molar-refractivity contribution is 7.10. The Morgan fingerprint density at radius 2 is 2.33 bits per heavy atom. The molecule has 2 unspecified atom stereocenters. The fourth-order valence-electron chi connectivity index (χ4n) is 2.40. The first kappa shape index (κ1) is 13.6. The van der Waals surface area contributed by atoms with Crippen LogP contribution in [0.5, 0.6) is 0 Å². The van der Waals surface area contributed by atoms with Crippen LogP contribution in [0.4, 0.5) is 0 Å². The molecule has 1 saturated heterocycles. The molecule has 1 fully saturated rings. The second kappa shape index (κ2) is 6.34. The summed E-state index contributed by atoms with van der Waals surface area (Å²) in [4.78, 5) is 15.6. The van der Waals surface area contributed by atoms with Crippen LogP contribution in [0.25, 0.3) is 0 Å². The Kier molecular flexibility index (Phi) is 4.78. The summed E-state index contributed by atoms with van der Waals surface area (Å²) in [5.74, 6) is 0.234. The first-order valence-electron chi connectivity index (χ1n) is 6.73. The maximum absolute atomic E-state index is 12.5. The van der Waals surface area contributed by atoms with Gasteiger partial charge < -0.3 is 10.2 Å². The quantitative estimate of drug-likeness (QED) is 0.912. The Morgan fingerprint density at radius 1 is 1.50 bits per heavy atom. The molecule has 1 aromatic rings. The third-order valence-electron chi connectivity index (χ3n) is 3.74. The van der Waals surface area contributed by atoms with Crippen LogP contribution in [0.3, 0.4) is 0 Å². The van der Waals surface area contributed by atoms with Crippen molar-refractivity contribution >= 4 is 17.2 Å². The van der Waals surface area contributed by atoms with Crippen molar-refractivity contribution in [2.24, 2.45) is 0 Å². The molecule has 0 aromatic carbocycles. The number of hydrogen-bond donors (Lipinski definition) is 1. The van der Waals surface area contributed by atoms with E-state index in [1.165, 1.54) is 17.7 Å². The van der Waals surface area contributed by atoms with Crippen molar-refractivity contribution in [3.63, 3.8) is 0 Å². The molecule has 0 spiro atoms. The number of carbonyl (C=O) groups is 1. The van der Waals surface area contributed by atoms with Crippen molar-refractivity contribution in [2.75, 3.05) is 13.6 Å². The van der Waals surface area contributed by atoms with Crippen LogP contribution < -0.4 is 5.32 Å². The van der Waals surface area contributed by atoms with Gasteiger partial charge in [-0.25, -0.2) is 0 Å². The Morgan fingerprint density at radius 3 is 3.06 bits per heavy atom. The maximum Gasteiger partial charge on any atom is 0.239 e. The SMILES string of the molecule is CC(c1cccs1)N(C)C(=O)C1CCCCCN1. The molecule has 1 aliphatic heterocycles. The molecule has 1 N–H and O–H groups in total. The summed E-state index contributed by atoms with van der Waals surface area (Å²) >= 11 is 1.71. The van der Waals surface area contributed by atoms with Gasteiger partial charge in [0.05, 0.1) is 12.1 Å². The average Bonchev–Trinajstić information content (AvgIpc) is 2.78. The summed E-state index contributed by atoms with van der Waals surface area (Å²) < 4.78 is 0. The van der Waals surface area contributed by atoms with Gasteiger partial charge in [-0.2, -0.15) is 0 Å². The Bertz CT molecular complexity index is 369. The van der Waals surface area contributed by atoms with Crippen LogP contribution >= 0.6 is 11.3 Å². The summed E-state index contributed by atoms with van der Waals surface area (Å²) in [6, 6.07) is 4.32. The highest BCUT2D eigenvalue weighted by atomic mass is 32.1. The molecule has 2 atom stereocenters. The fourth-order valence-corrected chi connectivity index (χ4v) is 3.22. The third-order valence-corrected chi connectivity index (χ3v) is 4.78. The van der Waals surface area contributed by atoms with Gasteiger partial charge in [-0.3, -0.25) is 4.79 Å². The van der Waals surface area contributed by atoms with Crippen LogP contribution in [0.1, 0.15) is 43.5 Å². The van der Waals surface area contributed by atoms with E-state index >= 15 is 0 Å². The van der Waals surface area contributed by atoms with E-state index in [2.05, 4.69) is 23.7 Å². The Labute approximate surface area is 113 Å². The molecule has 3 nitrogen and oxygen atoms in total. The molecule has 0 bridgehead atoms. The molecule has 0 aliphatic carbocycles. The maximum atomic E-state index is 12.5. The number of nitrogens with zero attached hydrogens (tertiary/aromatic N) is 1. The number of carbonyl (C=O) groups excluding carboxylic acids is 1. The van der Waals surface area contributed by atoms with Gasteiger partial charge in [0.25, 0.3) is 0 Å². The van der Waals surface area contributed by atoms with Gasteiger partial charge in [0, 0.05) is 11.9 Å². The van der Waals surface area contributed by atoms with Gasteiger partial charge in [-0.1, -0.05) is 18.9 Å². The lowest BCUT2D eigenvalue weighted by Gasteiger charge is -2.28. The number of nitrogens with one attached hydrogen (secondary N) is 1. The second-order valence-electron chi connectivity index (χ2n) is 5.00. The predicted molar refractivity (Wildman–Crippen MR) is 75.8 cm³/mol. The molecule has 100 valence electrons. The minimum Gasteiger partial charge on any atom is -0.337 e. The van der Waals surface area contributed by atoms with E-state index < -0.39 is 0 Å². The van der Waals surface area contributed by atoms with Crippen molar-refractivity contribution in [3.8, 4) is 0 Å². The number of thiophene rings is 1.